The van der Waals surface area contributed by atoms with E-state index in [9.17, 15) is 5.11 Å². The van der Waals surface area contributed by atoms with Gasteiger partial charge in [-0.3, -0.25) is 0 Å². The Bertz CT molecular complexity index is 494. The zero-order valence-electron chi connectivity index (χ0n) is 12.8. The smallest absolute Gasteiger partial charge is 0.122 e. The molecule has 0 aliphatic carbocycles. The Morgan fingerprint density at radius 1 is 1.33 bits per heavy atom. The Kier molecular flexibility index (Phi) is 4.43. The number of benzene rings is 1. The van der Waals surface area contributed by atoms with Crippen molar-refractivity contribution in [2.75, 3.05) is 14.2 Å². The van der Waals surface area contributed by atoms with E-state index >= 15 is 0 Å². The largest absolute Gasteiger partial charge is 0.496 e. The number of halogens is 1. The van der Waals surface area contributed by atoms with Crippen LogP contribution in [0.4, 0.5) is 0 Å². The fourth-order valence-electron chi connectivity index (χ4n) is 4.07. The summed E-state index contributed by atoms with van der Waals surface area (Å²) in [6, 6.07) is 6.93. The summed E-state index contributed by atoms with van der Waals surface area (Å²) in [6.07, 6.45) is 5.09. The highest BCUT2D eigenvalue weighted by Gasteiger charge is 2.40. The van der Waals surface area contributed by atoms with E-state index in [0.717, 1.165) is 24.2 Å². The van der Waals surface area contributed by atoms with E-state index in [2.05, 4.69) is 11.9 Å². The summed E-state index contributed by atoms with van der Waals surface area (Å²) >= 11 is 6.07. The fourth-order valence-corrected chi connectivity index (χ4v) is 4.26. The molecule has 0 saturated carbocycles. The van der Waals surface area contributed by atoms with Gasteiger partial charge in [-0.15, -0.1) is 0 Å². The van der Waals surface area contributed by atoms with Gasteiger partial charge in [0, 0.05) is 23.5 Å². The van der Waals surface area contributed by atoms with E-state index in [1.165, 1.54) is 12.8 Å². The maximum Gasteiger partial charge on any atom is 0.122 e. The van der Waals surface area contributed by atoms with Gasteiger partial charge in [0.2, 0.25) is 0 Å². The van der Waals surface area contributed by atoms with Crippen molar-refractivity contribution < 1.29 is 9.84 Å². The molecule has 0 aromatic heterocycles. The summed E-state index contributed by atoms with van der Waals surface area (Å²) in [5.74, 6) is 1.21. The molecule has 21 heavy (non-hydrogen) atoms. The molecule has 2 bridgehead atoms. The Balaban J connectivity index is 1.69. The van der Waals surface area contributed by atoms with Gasteiger partial charge in [-0.05, 0) is 62.4 Å². The number of ether oxygens (including phenoxy) is 1. The molecule has 3 rings (SSSR count). The Labute approximate surface area is 131 Å². The zero-order chi connectivity index (χ0) is 15.0. The van der Waals surface area contributed by atoms with E-state index in [0.29, 0.717) is 29.4 Å². The highest BCUT2D eigenvalue weighted by Crippen LogP contribution is 2.39. The second-order valence-corrected chi connectivity index (χ2v) is 6.95. The number of rotatable bonds is 4. The number of aliphatic hydroxyl groups excluding tert-OH is 1. The van der Waals surface area contributed by atoms with Crippen LogP contribution in [0.3, 0.4) is 0 Å². The molecule has 1 N–H and O–H groups in total. The molecule has 1 aromatic rings. The van der Waals surface area contributed by atoms with Crippen molar-refractivity contribution in [2.24, 2.45) is 5.92 Å². The van der Waals surface area contributed by atoms with Crippen molar-refractivity contribution >= 4 is 11.6 Å². The molecular formula is C17H24ClNO2. The summed E-state index contributed by atoms with van der Waals surface area (Å²) < 4.78 is 5.38. The molecule has 0 amide bonds. The zero-order valence-corrected chi connectivity index (χ0v) is 13.5. The van der Waals surface area contributed by atoms with Gasteiger partial charge in [0.1, 0.15) is 5.75 Å². The van der Waals surface area contributed by atoms with Crippen molar-refractivity contribution in [2.45, 2.75) is 50.3 Å². The number of hydrogen-bond donors (Lipinski definition) is 1. The topological polar surface area (TPSA) is 32.7 Å². The lowest BCUT2D eigenvalue weighted by Crippen LogP contribution is -2.43. The molecule has 2 aliphatic rings. The standard InChI is InChI=1S/C17H24ClNO2/c1-19-14-4-5-15(19)9-11(8-14)16(20)10-12-7-13(18)3-6-17(12)21-2/h3,6-7,11,14-16,20H,4-5,8-10H2,1-2H3. The quantitative estimate of drug-likeness (QED) is 0.927. The number of nitrogens with zero attached hydrogens (tertiary/aromatic N) is 1. The molecule has 2 saturated heterocycles. The van der Waals surface area contributed by atoms with E-state index < -0.39 is 0 Å². The molecule has 3 nitrogen and oxygen atoms in total. The first kappa shape index (κ1) is 15.1. The summed E-state index contributed by atoms with van der Waals surface area (Å²) in [6.45, 7) is 0. The first-order valence-corrected chi connectivity index (χ1v) is 8.18. The average Bonchev–Trinajstić information content (AvgIpc) is 2.69. The molecule has 0 spiro atoms. The Hall–Kier alpha value is -0.770. The third kappa shape index (κ3) is 3.05. The van der Waals surface area contributed by atoms with Gasteiger partial charge in [0.15, 0.2) is 0 Å². The molecular weight excluding hydrogens is 286 g/mol. The summed E-state index contributed by atoms with van der Waals surface area (Å²) in [5.41, 5.74) is 1.00. The van der Waals surface area contributed by atoms with Crippen LogP contribution >= 0.6 is 11.6 Å². The maximum absolute atomic E-state index is 10.7. The van der Waals surface area contributed by atoms with E-state index in [4.69, 9.17) is 16.3 Å². The second kappa shape index (κ2) is 6.15. The highest BCUT2D eigenvalue weighted by atomic mass is 35.5. The normalized spacial score (nSPS) is 30.4. The Morgan fingerprint density at radius 3 is 2.62 bits per heavy atom. The van der Waals surface area contributed by atoms with Crippen LogP contribution in [-0.2, 0) is 6.42 Å². The van der Waals surface area contributed by atoms with E-state index in [-0.39, 0.29) is 6.10 Å². The minimum absolute atomic E-state index is 0.311. The van der Waals surface area contributed by atoms with Gasteiger partial charge < -0.3 is 14.7 Å². The van der Waals surface area contributed by atoms with E-state index in [1.807, 2.05) is 18.2 Å². The van der Waals surface area contributed by atoms with Crippen LogP contribution in [0, 0.1) is 5.92 Å². The third-order valence-corrected chi connectivity index (χ3v) is 5.59. The minimum atomic E-state index is -0.311. The van der Waals surface area contributed by atoms with Crippen molar-refractivity contribution in [3.8, 4) is 5.75 Å². The molecule has 3 atom stereocenters. The molecule has 3 unspecified atom stereocenters. The van der Waals surface area contributed by atoms with Crippen molar-refractivity contribution in [3.63, 3.8) is 0 Å². The monoisotopic (exact) mass is 309 g/mol. The van der Waals surface area contributed by atoms with Crippen LogP contribution in [0.5, 0.6) is 5.75 Å². The summed E-state index contributed by atoms with van der Waals surface area (Å²) in [7, 11) is 3.89. The van der Waals surface area contributed by atoms with Crippen LogP contribution in [-0.4, -0.2) is 42.4 Å². The van der Waals surface area contributed by atoms with Crippen LogP contribution in [0.25, 0.3) is 0 Å². The molecule has 0 radical (unpaired) electrons. The lowest BCUT2D eigenvalue weighted by atomic mass is 9.84. The van der Waals surface area contributed by atoms with Crippen LogP contribution in [0.1, 0.15) is 31.2 Å². The molecule has 2 heterocycles. The van der Waals surface area contributed by atoms with E-state index in [1.54, 1.807) is 7.11 Å². The first-order chi connectivity index (χ1) is 10.1. The van der Waals surface area contributed by atoms with Crippen molar-refractivity contribution in [3.05, 3.63) is 28.8 Å². The van der Waals surface area contributed by atoms with Crippen LogP contribution in [0.15, 0.2) is 18.2 Å². The molecule has 1 aromatic carbocycles. The van der Waals surface area contributed by atoms with Gasteiger partial charge in [-0.1, -0.05) is 11.6 Å². The average molecular weight is 310 g/mol. The maximum atomic E-state index is 10.7. The van der Waals surface area contributed by atoms with Crippen LogP contribution < -0.4 is 4.74 Å². The Morgan fingerprint density at radius 2 is 2.00 bits per heavy atom. The third-order valence-electron chi connectivity index (χ3n) is 5.35. The molecule has 4 heteroatoms. The number of hydrogen-bond acceptors (Lipinski definition) is 3. The molecule has 2 aliphatic heterocycles. The van der Waals surface area contributed by atoms with Gasteiger partial charge in [0.05, 0.1) is 13.2 Å². The van der Waals surface area contributed by atoms with Crippen molar-refractivity contribution in [1.82, 2.24) is 4.90 Å². The van der Waals surface area contributed by atoms with Gasteiger partial charge in [-0.25, -0.2) is 0 Å². The number of aliphatic hydroxyl groups is 1. The molecule has 2 fully saturated rings. The molecule has 116 valence electrons. The highest BCUT2D eigenvalue weighted by molar-refractivity contribution is 6.30. The predicted octanol–water partition coefficient (Wildman–Crippen LogP) is 3.12. The van der Waals surface area contributed by atoms with Gasteiger partial charge in [0.25, 0.3) is 0 Å². The lowest BCUT2D eigenvalue weighted by Gasteiger charge is -2.38. The summed E-state index contributed by atoms with van der Waals surface area (Å²) in [5, 5.41) is 11.4. The second-order valence-electron chi connectivity index (χ2n) is 6.51. The van der Waals surface area contributed by atoms with Gasteiger partial charge >= 0.3 is 0 Å². The minimum Gasteiger partial charge on any atom is -0.496 e. The summed E-state index contributed by atoms with van der Waals surface area (Å²) in [4.78, 5) is 2.50. The number of fused-ring (bicyclic) bond motifs is 2. The fraction of sp³-hybridized carbons (Fsp3) is 0.647. The lowest BCUT2D eigenvalue weighted by molar-refractivity contribution is 0.0365. The first-order valence-electron chi connectivity index (χ1n) is 7.81. The number of methoxy groups -OCH3 is 1. The number of piperidine rings is 1. The van der Waals surface area contributed by atoms with Gasteiger partial charge in [-0.2, -0.15) is 0 Å². The van der Waals surface area contributed by atoms with Crippen LogP contribution in [0.2, 0.25) is 5.02 Å². The van der Waals surface area contributed by atoms with Crippen molar-refractivity contribution in [1.29, 1.82) is 0 Å². The SMILES string of the molecule is COc1ccc(Cl)cc1CC(O)C1CC2CCC(C1)N2C. The predicted molar refractivity (Wildman–Crippen MR) is 85.0 cm³/mol.